The van der Waals surface area contributed by atoms with Crippen LogP contribution >= 0.6 is 12.2 Å². The molecule has 1 amide bonds. The van der Waals surface area contributed by atoms with Crippen LogP contribution in [0.3, 0.4) is 0 Å². The highest BCUT2D eigenvalue weighted by atomic mass is 32.2. The van der Waals surface area contributed by atoms with Crippen LogP contribution in [0.15, 0.2) is 77.7 Å². The number of hydrogen-bond acceptors (Lipinski definition) is 6. The molecule has 0 unspecified atom stereocenters. The first-order chi connectivity index (χ1) is 16.3. The van der Waals surface area contributed by atoms with E-state index in [1.807, 2.05) is 6.92 Å². The van der Waals surface area contributed by atoms with Crippen LogP contribution in [-0.4, -0.2) is 33.2 Å². The van der Waals surface area contributed by atoms with Gasteiger partial charge in [-0.1, -0.05) is 12.1 Å². The molecule has 3 N–H and O–H groups in total. The molecule has 3 rings (SSSR count). The molecule has 10 heteroatoms. The van der Waals surface area contributed by atoms with Crippen LogP contribution in [0.4, 0.5) is 11.4 Å². The summed E-state index contributed by atoms with van der Waals surface area (Å²) in [5, 5.41) is 5.59. The van der Waals surface area contributed by atoms with Crippen LogP contribution in [0.2, 0.25) is 0 Å². The molecule has 0 aliphatic carbocycles. The number of carbonyl (C=O) groups is 1. The Labute approximate surface area is 204 Å². The highest BCUT2D eigenvalue weighted by Crippen LogP contribution is 2.21. The number of ether oxygens (including phenoxy) is 2. The molecule has 0 heterocycles. The third kappa shape index (κ3) is 7.19. The van der Waals surface area contributed by atoms with Gasteiger partial charge in [0.1, 0.15) is 11.5 Å². The second kappa shape index (κ2) is 11.5. The predicted octanol–water partition coefficient (Wildman–Crippen LogP) is 3.95. The summed E-state index contributed by atoms with van der Waals surface area (Å²) in [6.45, 7) is 2.40. The molecule has 0 saturated heterocycles. The van der Waals surface area contributed by atoms with E-state index in [4.69, 9.17) is 21.7 Å². The monoisotopic (exact) mass is 499 g/mol. The van der Waals surface area contributed by atoms with Crippen LogP contribution in [-0.2, 0) is 21.2 Å². The highest BCUT2D eigenvalue weighted by Gasteiger charge is 2.14. The van der Waals surface area contributed by atoms with Gasteiger partial charge in [-0.25, -0.2) is 8.42 Å². The number of rotatable bonds is 9. The third-order valence-corrected chi connectivity index (χ3v) is 6.22. The van der Waals surface area contributed by atoms with Gasteiger partial charge in [0.15, 0.2) is 5.11 Å². The maximum atomic E-state index is 12.7. The minimum atomic E-state index is -3.77. The van der Waals surface area contributed by atoms with Crippen molar-refractivity contribution in [2.24, 2.45) is 0 Å². The van der Waals surface area contributed by atoms with Crippen molar-refractivity contribution in [2.45, 2.75) is 18.2 Å². The zero-order chi connectivity index (χ0) is 24.6. The molecule has 0 aliphatic rings. The molecule has 34 heavy (non-hydrogen) atoms. The van der Waals surface area contributed by atoms with Gasteiger partial charge in [-0.15, -0.1) is 0 Å². The van der Waals surface area contributed by atoms with E-state index >= 15 is 0 Å². The van der Waals surface area contributed by atoms with E-state index in [0.29, 0.717) is 29.5 Å². The number of nitrogens with one attached hydrogen (secondary N) is 3. The number of sulfonamides is 1. The Morgan fingerprint density at radius 3 is 2.06 bits per heavy atom. The van der Waals surface area contributed by atoms with E-state index in [-0.39, 0.29) is 22.3 Å². The van der Waals surface area contributed by atoms with E-state index in [9.17, 15) is 13.2 Å². The van der Waals surface area contributed by atoms with Gasteiger partial charge in [0.25, 0.3) is 10.0 Å². The van der Waals surface area contributed by atoms with Crippen molar-refractivity contribution in [1.82, 2.24) is 5.32 Å². The summed E-state index contributed by atoms with van der Waals surface area (Å²) in [6.07, 6.45) is 0.153. The van der Waals surface area contributed by atoms with Crippen molar-refractivity contribution in [1.29, 1.82) is 0 Å². The van der Waals surface area contributed by atoms with Gasteiger partial charge in [-0.3, -0.25) is 9.52 Å². The summed E-state index contributed by atoms with van der Waals surface area (Å²) < 4.78 is 38.3. The van der Waals surface area contributed by atoms with Crippen molar-refractivity contribution in [3.63, 3.8) is 0 Å². The predicted molar refractivity (Wildman–Crippen MR) is 136 cm³/mol. The second-order valence-electron chi connectivity index (χ2n) is 7.11. The topological polar surface area (TPSA) is 106 Å². The van der Waals surface area contributed by atoms with E-state index in [2.05, 4.69) is 15.4 Å². The molecule has 0 fully saturated rings. The lowest BCUT2D eigenvalue weighted by Crippen LogP contribution is -2.35. The molecular formula is C24H25N3O5S2. The first-order valence-electron chi connectivity index (χ1n) is 10.4. The largest absolute Gasteiger partial charge is 0.497 e. The number of anilines is 2. The molecule has 0 atom stereocenters. The fourth-order valence-electron chi connectivity index (χ4n) is 2.98. The minimum absolute atomic E-state index is 0.0846. The summed E-state index contributed by atoms with van der Waals surface area (Å²) in [4.78, 5) is 12.3. The Morgan fingerprint density at radius 1 is 0.882 bits per heavy atom. The van der Waals surface area contributed by atoms with Crippen molar-refractivity contribution in [2.75, 3.05) is 23.8 Å². The number of carbonyl (C=O) groups excluding carboxylic acids is 1. The number of hydrogen-bond donors (Lipinski definition) is 3. The molecule has 0 saturated carbocycles. The molecule has 0 radical (unpaired) electrons. The molecule has 0 spiro atoms. The van der Waals surface area contributed by atoms with Gasteiger partial charge in [0.2, 0.25) is 5.91 Å². The molecule has 0 bridgehead atoms. The Balaban J connectivity index is 1.54. The van der Waals surface area contributed by atoms with Gasteiger partial charge in [-0.05, 0) is 85.4 Å². The summed E-state index contributed by atoms with van der Waals surface area (Å²) >= 11 is 5.19. The van der Waals surface area contributed by atoms with Gasteiger partial charge in [-0.2, -0.15) is 0 Å². The summed E-state index contributed by atoms with van der Waals surface area (Å²) in [5.74, 6) is 1.09. The van der Waals surface area contributed by atoms with E-state index < -0.39 is 10.0 Å². The summed E-state index contributed by atoms with van der Waals surface area (Å²) in [5.41, 5.74) is 1.77. The first kappa shape index (κ1) is 25.0. The van der Waals surface area contributed by atoms with Crippen LogP contribution in [0.5, 0.6) is 11.5 Å². The summed E-state index contributed by atoms with van der Waals surface area (Å²) in [7, 11) is -2.20. The molecule has 3 aromatic carbocycles. The van der Waals surface area contributed by atoms with Crippen molar-refractivity contribution in [3.8, 4) is 11.5 Å². The molecule has 178 valence electrons. The zero-order valence-corrected chi connectivity index (χ0v) is 20.3. The number of methoxy groups -OCH3 is 1. The van der Waals surface area contributed by atoms with Crippen LogP contribution in [0, 0.1) is 0 Å². The average Bonchev–Trinajstić information content (AvgIpc) is 2.81. The fraction of sp³-hybridized carbons (Fsp3) is 0.167. The van der Waals surface area contributed by atoms with E-state index in [1.54, 1.807) is 67.8 Å². The average molecular weight is 500 g/mol. The van der Waals surface area contributed by atoms with E-state index in [0.717, 1.165) is 5.56 Å². The van der Waals surface area contributed by atoms with Gasteiger partial charge in [0.05, 0.1) is 25.0 Å². The van der Waals surface area contributed by atoms with Gasteiger partial charge in [0, 0.05) is 11.4 Å². The maximum absolute atomic E-state index is 12.7. The molecule has 0 aromatic heterocycles. The Morgan fingerprint density at radius 2 is 1.47 bits per heavy atom. The Hall–Kier alpha value is -3.63. The first-order valence-corrected chi connectivity index (χ1v) is 12.3. The van der Waals surface area contributed by atoms with Crippen molar-refractivity contribution < 1.29 is 22.7 Å². The molecule has 8 nitrogen and oxygen atoms in total. The van der Waals surface area contributed by atoms with Gasteiger partial charge >= 0.3 is 0 Å². The Kier molecular flexibility index (Phi) is 8.44. The molecule has 0 aliphatic heterocycles. The van der Waals surface area contributed by atoms with Crippen LogP contribution < -0.4 is 24.8 Å². The van der Waals surface area contributed by atoms with Crippen molar-refractivity contribution in [3.05, 3.63) is 78.4 Å². The van der Waals surface area contributed by atoms with Crippen molar-refractivity contribution >= 4 is 44.6 Å². The van der Waals surface area contributed by atoms with Crippen LogP contribution in [0.1, 0.15) is 12.5 Å². The molecule has 3 aromatic rings. The highest BCUT2D eigenvalue weighted by molar-refractivity contribution is 7.92. The lowest BCUT2D eigenvalue weighted by Gasteiger charge is -2.12. The van der Waals surface area contributed by atoms with E-state index in [1.165, 1.54) is 12.1 Å². The summed E-state index contributed by atoms with van der Waals surface area (Å²) in [6, 6.07) is 19.8. The second-order valence-corrected chi connectivity index (χ2v) is 9.21. The lowest BCUT2D eigenvalue weighted by molar-refractivity contribution is -0.119. The molecular weight excluding hydrogens is 474 g/mol. The van der Waals surface area contributed by atoms with Gasteiger partial charge < -0.3 is 20.1 Å². The maximum Gasteiger partial charge on any atom is 0.261 e. The Bertz CT molecular complexity index is 1230. The normalized spacial score (nSPS) is 10.8. The smallest absolute Gasteiger partial charge is 0.261 e. The number of amides is 1. The fourth-order valence-corrected chi connectivity index (χ4v) is 4.27. The quantitative estimate of drug-likeness (QED) is 0.383. The number of thiocarbonyl (C=S) groups is 1. The minimum Gasteiger partial charge on any atom is -0.497 e. The van der Waals surface area contributed by atoms with Crippen LogP contribution in [0.25, 0.3) is 0 Å². The number of benzene rings is 3. The zero-order valence-electron chi connectivity index (χ0n) is 18.7. The third-order valence-electron chi connectivity index (χ3n) is 4.62. The lowest BCUT2D eigenvalue weighted by atomic mass is 10.1. The SMILES string of the molecule is CCOc1ccc(NS(=O)(=O)c2ccc(NC(=S)NC(=O)Cc3ccc(OC)cc3)cc2)cc1. The standard InChI is InChI=1S/C24H25N3O5S2/c1-3-32-21-12-6-19(7-13-21)27-34(29,30)22-14-8-18(9-15-22)25-24(33)26-23(28)16-17-4-10-20(31-2)11-5-17/h4-15,27H,3,16H2,1-2H3,(H2,25,26,28,33).